The van der Waals surface area contributed by atoms with E-state index in [1.165, 1.54) is 18.4 Å². The molecule has 0 radical (unpaired) electrons. The van der Waals surface area contributed by atoms with Gasteiger partial charge in [-0.3, -0.25) is 4.90 Å². The van der Waals surface area contributed by atoms with Gasteiger partial charge >= 0.3 is 0 Å². The molecule has 0 amide bonds. The fourth-order valence-corrected chi connectivity index (χ4v) is 4.34. The molecule has 1 fully saturated rings. The minimum Gasteiger partial charge on any atom is -0.492 e. The maximum Gasteiger partial charge on any atom is 0.242 e. The molecule has 7 nitrogen and oxygen atoms in total. The largest absolute Gasteiger partial charge is 0.492 e. The molecule has 1 saturated heterocycles. The summed E-state index contributed by atoms with van der Waals surface area (Å²) in [5.41, 5.74) is 0. The molecular formula is C17H24N4O3S2. The van der Waals surface area contributed by atoms with Gasteiger partial charge in [-0.15, -0.1) is 11.3 Å². The van der Waals surface area contributed by atoms with Crippen LogP contribution in [0.1, 0.15) is 0 Å². The van der Waals surface area contributed by atoms with Crippen LogP contribution in [-0.4, -0.2) is 76.0 Å². The van der Waals surface area contributed by atoms with Crippen LogP contribution in [0.4, 0.5) is 5.13 Å². The first-order valence-electron chi connectivity index (χ1n) is 8.49. The van der Waals surface area contributed by atoms with E-state index in [9.17, 15) is 8.42 Å². The molecule has 1 aliphatic rings. The second kappa shape index (κ2) is 8.34. The van der Waals surface area contributed by atoms with E-state index >= 15 is 0 Å². The summed E-state index contributed by atoms with van der Waals surface area (Å²) in [4.78, 5) is 9.31. The molecule has 1 aliphatic heterocycles. The first-order chi connectivity index (χ1) is 12.5. The maximum atomic E-state index is 12.0. The van der Waals surface area contributed by atoms with Crippen molar-refractivity contribution in [2.45, 2.75) is 4.90 Å². The molecule has 1 aromatic carbocycles. The van der Waals surface area contributed by atoms with Gasteiger partial charge in [0.15, 0.2) is 5.13 Å². The number of anilines is 1. The van der Waals surface area contributed by atoms with E-state index < -0.39 is 10.0 Å². The molecule has 0 atom stereocenters. The summed E-state index contributed by atoms with van der Waals surface area (Å²) >= 11 is 1.68. The van der Waals surface area contributed by atoms with Crippen molar-refractivity contribution in [3.63, 3.8) is 0 Å². The highest BCUT2D eigenvalue weighted by atomic mass is 32.2. The van der Waals surface area contributed by atoms with Gasteiger partial charge in [-0.1, -0.05) is 0 Å². The minimum atomic E-state index is -3.39. The van der Waals surface area contributed by atoms with E-state index in [1.54, 1.807) is 35.6 Å². The molecule has 0 spiro atoms. The monoisotopic (exact) mass is 396 g/mol. The lowest BCUT2D eigenvalue weighted by Crippen LogP contribution is -2.47. The Labute approximate surface area is 158 Å². The summed E-state index contributed by atoms with van der Waals surface area (Å²) in [6, 6.07) is 6.57. The zero-order chi connectivity index (χ0) is 18.6. The lowest BCUT2D eigenvalue weighted by atomic mass is 10.3. The van der Waals surface area contributed by atoms with Crippen LogP contribution in [0.2, 0.25) is 0 Å². The third kappa shape index (κ3) is 4.53. The van der Waals surface area contributed by atoms with Crippen LogP contribution in [0.25, 0.3) is 0 Å². The highest BCUT2D eigenvalue weighted by molar-refractivity contribution is 7.89. The lowest BCUT2D eigenvalue weighted by Gasteiger charge is -2.34. The van der Waals surface area contributed by atoms with Crippen molar-refractivity contribution in [3.8, 4) is 5.75 Å². The molecule has 1 aromatic heterocycles. The van der Waals surface area contributed by atoms with Gasteiger partial charge in [0.05, 0.1) is 4.90 Å². The molecule has 0 N–H and O–H groups in total. The fourth-order valence-electron chi connectivity index (χ4n) is 2.75. The van der Waals surface area contributed by atoms with Gasteiger partial charge in [0.2, 0.25) is 10.0 Å². The van der Waals surface area contributed by atoms with E-state index in [-0.39, 0.29) is 4.90 Å². The molecule has 3 rings (SSSR count). The van der Waals surface area contributed by atoms with E-state index in [4.69, 9.17) is 4.74 Å². The summed E-state index contributed by atoms with van der Waals surface area (Å²) in [5, 5.41) is 3.10. The Morgan fingerprint density at radius 3 is 2.42 bits per heavy atom. The number of hydrogen-bond donors (Lipinski definition) is 0. The van der Waals surface area contributed by atoms with Crippen molar-refractivity contribution in [2.75, 3.05) is 58.3 Å². The summed E-state index contributed by atoms with van der Waals surface area (Å²) in [6.07, 6.45) is 1.84. The molecule has 142 valence electrons. The molecule has 9 heteroatoms. The van der Waals surface area contributed by atoms with Gasteiger partial charge in [0.25, 0.3) is 0 Å². The van der Waals surface area contributed by atoms with Gasteiger partial charge < -0.3 is 9.64 Å². The van der Waals surface area contributed by atoms with Crippen LogP contribution in [0.15, 0.2) is 40.7 Å². The first-order valence-corrected chi connectivity index (χ1v) is 10.8. The van der Waals surface area contributed by atoms with Crippen LogP contribution in [0.5, 0.6) is 5.75 Å². The van der Waals surface area contributed by atoms with E-state index in [0.29, 0.717) is 12.4 Å². The Hall–Kier alpha value is -1.68. The molecular weight excluding hydrogens is 372 g/mol. The van der Waals surface area contributed by atoms with Crippen LogP contribution in [0.3, 0.4) is 0 Å². The third-order valence-corrected chi connectivity index (χ3v) is 7.00. The Morgan fingerprint density at radius 2 is 1.85 bits per heavy atom. The van der Waals surface area contributed by atoms with E-state index in [2.05, 4.69) is 14.8 Å². The number of ether oxygens (including phenoxy) is 1. The van der Waals surface area contributed by atoms with Crippen molar-refractivity contribution in [2.24, 2.45) is 0 Å². The molecule has 2 aromatic rings. The van der Waals surface area contributed by atoms with Crippen molar-refractivity contribution >= 4 is 26.5 Å². The maximum absolute atomic E-state index is 12.0. The van der Waals surface area contributed by atoms with E-state index in [1.807, 2.05) is 11.6 Å². The Kier molecular flexibility index (Phi) is 6.13. The van der Waals surface area contributed by atoms with Gasteiger partial charge in [-0.05, 0) is 24.3 Å². The lowest BCUT2D eigenvalue weighted by molar-refractivity contribution is 0.200. The van der Waals surface area contributed by atoms with Crippen molar-refractivity contribution in [1.29, 1.82) is 0 Å². The number of rotatable bonds is 7. The summed E-state index contributed by atoms with van der Waals surface area (Å²) < 4.78 is 31.1. The number of sulfonamides is 1. The van der Waals surface area contributed by atoms with Crippen LogP contribution in [-0.2, 0) is 10.0 Å². The third-order valence-electron chi connectivity index (χ3n) is 4.34. The average molecular weight is 397 g/mol. The van der Waals surface area contributed by atoms with Crippen LogP contribution >= 0.6 is 11.3 Å². The van der Waals surface area contributed by atoms with Crippen molar-refractivity contribution in [3.05, 3.63) is 35.8 Å². The SMILES string of the molecule is CN(C)S(=O)(=O)c1ccc(OCCN2CCN(c3nccs3)CC2)cc1. The Bertz CT molecular complexity index is 784. The highest BCUT2D eigenvalue weighted by Crippen LogP contribution is 2.20. The Balaban J connectivity index is 1.43. The van der Waals surface area contributed by atoms with Crippen molar-refractivity contribution < 1.29 is 13.2 Å². The average Bonchev–Trinajstić information content (AvgIpc) is 3.17. The van der Waals surface area contributed by atoms with Crippen molar-refractivity contribution in [1.82, 2.24) is 14.2 Å². The highest BCUT2D eigenvalue weighted by Gasteiger charge is 2.19. The first kappa shape index (κ1) is 19.1. The zero-order valence-electron chi connectivity index (χ0n) is 15.0. The van der Waals surface area contributed by atoms with Crippen LogP contribution in [0, 0.1) is 0 Å². The smallest absolute Gasteiger partial charge is 0.242 e. The number of hydrogen-bond acceptors (Lipinski definition) is 7. The summed E-state index contributed by atoms with van der Waals surface area (Å²) in [5.74, 6) is 0.684. The van der Waals surface area contributed by atoms with Gasteiger partial charge in [-0.25, -0.2) is 17.7 Å². The number of nitrogens with zero attached hydrogens (tertiary/aromatic N) is 4. The fraction of sp³-hybridized carbons (Fsp3) is 0.471. The predicted molar refractivity (Wildman–Crippen MR) is 104 cm³/mol. The summed E-state index contributed by atoms with van der Waals surface area (Å²) in [7, 11) is -0.351. The minimum absolute atomic E-state index is 0.271. The molecule has 0 unspecified atom stereocenters. The Morgan fingerprint density at radius 1 is 1.15 bits per heavy atom. The molecule has 2 heterocycles. The zero-order valence-corrected chi connectivity index (χ0v) is 16.7. The van der Waals surface area contributed by atoms with E-state index in [0.717, 1.165) is 37.9 Å². The molecule has 0 bridgehead atoms. The quantitative estimate of drug-likeness (QED) is 0.708. The topological polar surface area (TPSA) is 66.0 Å². The number of aromatic nitrogens is 1. The van der Waals surface area contributed by atoms with Gasteiger partial charge in [0, 0.05) is 58.4 Å². The summed E-state index contributed by atoms with van der Waals surface area (Å²) in [6.45, 7) is 5.36. The number of piperazine rings is 1. The molecule has 26 heavy (non-hydrogen) atoms. The second-order valence-corrected chi connectivity index (χ2v) is 9.28. The van der Waals surface area contributed by atoms with Gasteiger partial charge in [0.1, 0.15) is 12.4 Å². The second-order valence-electron chi connectivity index (χ2n) is 6.25. The normalized spacial score (nSPS) is 16.2. The molecule has 0 saturated carbocycles. The van der Waals surface area contributed by atoms with Gasteiger partial charge in [-0.2, -0.15) is 0 Å². The number of thiazole rings is 1. The standard InChI is InChI=1S/C17H24N4O3S2/c1-19(2)26(22,23)16-5-3-15(4-6-16)24-13-12-20-8-10-21(11-9-20)17-18-7-14-25-17/h3-7,14H,8-13H2,1-2H3. The van der Waals surface area contributed by atoms with Crippen LogP contribution < -0.4 is 9.64 Å². The number of benzene rings is 1. The molecule has 0 aliphatic carbocycles. The predicted octanol–water partition coefficient (Wildman–Crippen LogP) is 1.59.